The van der Waals surface area contributed by atoms with Crippen LogP contribution in [0.3, 0.4) is 0 Å². The molecule has 1 heterocycles. The Morgan fingerprint density at radius 1 is 0.846 bits per heavy atom. The minimum absolute atomic E-state index is 0.204. The zero-order valence-corrected chi connectivity index (χ0v) is 16.7. The molecular formula is C25H30N+. The maximum Gasteiger partial charge on any atom is 0.212 e. The molecule has 134 valence electrons. The van der Waals surface area contributed by atoms with Crippen LogP contribution in [0.25, 0.3) is 22.4 Å². The van der Waals surface area contributed by atoms with Crippen molar-refractivity contribution in [1.82, 2.24) is 0 Å². The zero-order valence-electron chi connectivity index (χ0n) is 16.7. The monoisotopic (exact) mass is 344 g/mol. The van der Waals surface area contributed by atoms with E-state index in [-0.39, 0.29) is 5.41 Å². The number of aryl methyl sites for hydroxylation is 2. The second kappa shape index (κ2) is 7.45. The van der Waals surface area contributed by atoms with E-state index in [2.05, 4.69) is 106 Å². The zero-order chi connectivity index (χ0) is 18.7. The molecule has 0 amide bonds. The summed E-state index contributed by atoms with van der Waals surface area (Å²) in [6.07, 6.45) is 4.56. The highest BCUT2D eigenvalue weighted by molar-refractivity contribution is 5.70. The molecule has 0 fully saturated rings. The molecule has 0 saturated carbocycles. The molecule has 3 aromatic rings. The lowest BCUT2D eigenvalue weighted by molar-refractivity contribution is -0.660. The van der Waals surface area contributed by atoms with Gasteiger partial charge in [0.25, 0.3) is 0 Å². The molecule has 1 heteroatoms. The van der Waals surface area contributed by atoms with Crippen LogP contribution < -0.4 is 4.57 Å². The summed E-state index contributed by atoms with van der Waals surface area (Å²) in [5, 5.41) is 0. The Labute approximate surface area is 158 Å². The van der Waals surface area contributed by atoms with Gasteiger partial charge in [-0.05, 0) is 47.9 Å². The number of nitrogens with zero attached hydrogens (tertiary/aromatic N) is 1. The second-order valence-electron chi connectivity index (χ2n) is 7.55. The predicted octanol–water partition coefficient (Wildman–Crippen LogP) is 6.23. The first-order valence-electron chi connectivity index (χ1n) is 9.65. The molecule has 0 aliphatic rings. The molecule has 0 atom stereocenters. The Hall–Kier alpha value is -2.41. The van der Waals surface area contributed by atoms with Gasteiger partial charge >= 0.3 is 0 Å². The van der Waals surface area contributed by atoms with Gasteiger partial charge in [-0.1, -0.05) is 69.3 Å². The van der Waals surface area contributed by atoms with E-state index >= 15 is 0 Å². The molecule has 0 unspecified atom stereocenters. The number of pyridine rings is 1. The lowest BCUT2D eigenvalue weighted by atomic mass is 9.75. The van der Waals surface area contributed by atoms with Crippen LogP contribution in [0.2, 0.25) is 0 Å². The van der Waals surface area contributed by atoms with Crippen LogP contribution in [-0.4, -0.2) is 0 Å². The lowest BCUT2D eigenvalue weighted by Crippen LogP contribution is -2.32. The van der Waals surface area contributed by atoms with Crippen molar-refractivity contribution in [2.45, 2.75) is 46.0 Å². The largest absolute Gasteiger partial charge is 0.212 e. The maximum atomic E-state index is 2.39. The average Bonchev–Trinajstić information content (AvgIpc) is 2.69. The van der Waals surface area contributed by atoms with E-state index in [9.17, 15) is 0 Å². The van der Waals surface area contributed by atoms with Gasteiger partial charge in [-0.3, -0.25) is 0 Å². The maximum absolute atomic E-state index is 2.39. The summed E-state index contributed by atoms with van der Waals surface area (Å²) in [6.45, 7) is 9.19. The minimum Gasteiger partial charge on any atom is -0.200 e. The Kier molecular flexibility index (Phi) is 5.27. The van der Waals surface area contributed by atoms with Crippen LogP contribution in [0.5, 0.6) is 0 Å². The second-order valence-corrected chi connectivity index (χ2v) is 7.55. The molecule has 3 rings (SSSR count). The third-order valence-electron chi connectivity index (χ3n) is 5.98. The number of hydrogen-bond acceptors (Lipinski definition) is 0. The Bertz CT molecular complexity index is 889. The van der Waals surface area contributed by atoms with Gasteiger partial charge in [0.2, 0.25) is 5.69 Å². The molecule has 2 aromatic carbocycles. The fourth-order valence-corrected chi connectivity index (χ4v) is 3.80. The third-order valence-corrected chi connectivity index (χ3v) is 5.98. The van der Waals surface area contributed by atoms with Crippen molar-refractivity contribution in [3.63, 3.8) is 0 Å². The lowest BCUT2D eigenvalue weighted by Gasteiger charge is -2.29. The highest BCUT2D eigenvalue weighted by Gasteiger charge is 2.28. The molecule has 0 radical (unpaired) electrons. The topological polar surface area (TPSA) is 3.88 Å². The van der Waals surface area contributed by atoms with E-state index in [4.69, 9.17) is 0 Å². The van der Waals surface area contributed by atoms with Crippen molar-refractivity contribution in [2.24, 2.45) is 7.05 Å². The first-order chi connectivity index (χ1) is 12.5. The van der Waals surface area contributed by atoms with Gasteiger partial charge in [0.05, 0.1) is 0 Å². The Morgan fingerprint density at radius 2 is 1.46 bits per heavy atom. The molecule has 0 bridgehead atoms. The van der Waals surface area contributed by atoms with E-state index in [0.717, 1.165) is 12.8 Å². The van der Waals surface area contributed by atoms with Gasteiger partial charge in [0.1, 0.15) is 7.05 Å². The molecule has 1 aromatic heterocycles. The first-order valence-corrected chi connectivity index (χ1v) is 9.65. The molecular weight excluding hydrogens is 314 g/mol. The molecule has 0 aliphatic heterocycles. The summed E-state index contributed by atoms with van der Waals surface area (Å²) in [5.41, 5.74) is 8.17. The smallest absolute Gasteiger partial charge is 0.200 e. The van der Waals surface area contributed by atoms with Gasteiger partial charge in [-0.2, -0.15) is 0 Å². The van der Waals surface area contributed by atoms with Crippen molar-refractivity contribution < 1.29 is 4.57 Å². The van der Waals surface area contributed by atoms with Crippen LogP contribution in [0, 0.1) is 6.92 Å². The minimum atomic E-state index is 0.204. The van der Waals surface area contributed by atoms with E-state index < -0.39 is 0 Å². The van der Waals surface area contributed by atoms with Crippen molar-refractivity contribution in [1.29, 1.82) is 0 Å². The summed E-state index contributed by atoms with van der Waals surface area (Å²) in [7, 11) is 2.16. The van der Waals surface area contributed by atoms with Crippen molar-refractivity contribution in [3.8, 4) is 22.4 Å². The molecule has 0 N–H and O–H groups in total. The Balaban J connectivity index is 2.17. The predicted molar refractivity (Wildman–Crippen MR) is 111 cm³/mol. The number of rotatable bonds is 5. The van der Waals surface area contributed by atoms with Gasteiger partial charge < -0.3 is 0 Å². The fourth-order valence-electron chi connectivity index (χ4n) is 3.80. The molecule has 0 saturated heterocycles. The molecule has 1 nitrogen and oxygen atoms in total. The summed E-state index contributed by atoms with van der Waals surface area (Å²) in [6, 6.07) is 21.9. The SMILES string of the molecule is CCC(C)(CC)c1ccccc1-c1cc(C)c(-c2ccccc2)c[n+]1C. The summed E-state index contributed by atoms with van der Waals surface area (Å²) in [4.78, 5) is 0. The van der Waals surface area contributed by atoms with E-state index in [1.54, 1.807) is 0 Å². The molecule has 0 spiro atoms. The van der Waals surface area contributed by atoms with Crippen LogP contribution >= 0.6 is 0 Å². The van der Waals surface area contributed by atoms with Gasteiger partial charge in [-0.15, -0.1) is 0 Å². The highest BCUT2D eigenvalue weighted by Crippen LogP contribution is 2.37. The summed E-state index contributed by atoms with van der Waals surface area (Å²) in [5.74, 6) is 0. The average molecular weight is 345 g/mol. The quantitative estimate of drug-likeness (QED) is 0.483. The number of hydrogen-bond donors (Lipinski definition) is 0. The number of aromatic nitrogens is 1. The van der Waals surface area contributed by atoms with Gasteiger partial charge in [-0.25, -0.2) is 4.57 Å². The van der Waals surface area contributed by atoms with Crippen LogP contribution in [-0.2, 0) is 12.5 Å². The van der Waals surface area contributed by atoms with Crippen molar-refractivity contribution in [2.75, 3.05) is 0 Å². The molecule has 0 aliphatic carbocycles. The van der Waals surface area contributed by atoms with Crippen molar-refractivity contribution >= 4 is 0 Å². The Morgan fingerprint density at radius 3 is 2.12 bits per heavy atom. The van der Waals surface area contributed by atoms with Crippen LogP contribution in [0.4, 0.5) is 0 Å². The number of benzene rings is 2. The third kappa shape index (κ3) is 3.31. The van der Waals surface area contributed by atoms with Crippen LogP contribution in [0.15, 0.2) is 66.9 Å². The van der Waals surface area contributed by atoms with Gasteiger partial charge in [0.15, 0.2) is 6.20 Å². The highest BCUT2D eigenvalue weighted by atomic mass is 14.9. The van der Waals surface area contributed by atoms with E-state index in [0.29, 0.717) is 0 Å². The normalized spacial score (nSPS) is 11.6. The van der Waals surface area contributed by atoms with E-state index in [1.165, 1.54) is 33.5 Å². The van der Waals surface area contributed by atoms with Crippen LogP contribution in [0.1, 0.15) is 44.7 Å². The first kappa shape index (κ1) is 18.4. The van der Waals surface area contributed by atoms with Crippen molar-refractivity contribution in [3.05, 3.63) is 78.0 Å². The standard InChI is InChI=1S/C25H30N/c1-6-25(4,7-2)23-16-12-11-15-21(23)24-17-19(3)22(18-26(24)5)20-13-9-8-10-14-20/h8-18H,6-7H2,1-5H3/q+1. The fraction of sp³-hybridized carbons (Fsp3) is 0.320. The summed E-state index contributed by atoms with van der Waals surface area (Å²) < 4.78 is 2.28. The van der Waals surface area contributed by atoms with Gasteiger partial charge in [0, 0.05) is 17.2 Å². The van der Waals surface area contributed by atoms with E-state index in [1.807, 2.05) is 0 Å². The molecule has 26 heavy (non-hydrogen) atoms. The summed E-state index contributed by atoms with van der Waals surface area (Å²) >= 11 is 0.